The molecule has 7 heteroatoms. The summed E-state index contributed by atoms with van der Waals surface area (Å²) in [7, 11) is 0. The van der Waals surface area contributed by atoms with E-state index in [4.69, 9.17) is 11.6 Å². The molecule has 0 spiro atoms. The molecule has 0 amide bonds. The van der Waals surface area contributed by atoms with Gasteiger partial charge in [0.2, 0.25) is 5.82 Å². The minimum Gasteiger partial charge on any atom is -0.360 e. The zero-order valence-corrected chi connectivity index (χ0v) is 12.9. The highest BCUT2D eigenvalue weighted by Crippen LogP contribution is 2.30. The van der Waals surface area contributed by atoms with E-state index in [0.29, 0.717) is 23.1 Å². The lowest BCUT2D eigenvalue weighted by molar-refractivity contribution is -0.384. The Hall–Kier alpha value is -2.08. The van der Waals surface area contributed by atoms with Crippen LogP contribution in [0.3, 0.4) is 0 Å². The van der Waals surface area contributed by atoms with Crippen molar-refractivity contribution in [2.45, 2.75) is 33.4 Å². The molecule has 1 aromatic heterocycles. The van der Waals surface area contributed by atoms with Gasteiger partial charge in [0.25, 0.3) is 0 Å². The molecule has 6 nitrogen and oxygen atoms in total. The van der Waals surface area contributed by atoms with Crippen LogP contribution in [0.2, 0.25) is 5.02 Å². The van der Waals surface area contributed by atoms with Crippen LogP contribution in [0, 0.1) is 17.0 Å². The number of nitrogens with one attached hydrogen (secondary N) is 1. The maximum atomic E-state index is 11.2. The van der Waals surface area contributed by atoms with Crippen molar-refractivity contribution in [3.63, 3.8) is 0 Å². The van der Waals surface area contributed by atoms with Gasteiger partial charge in [-0.15, -0.1) is 0 Å². The standard InChI is InChI=1S/C14H17ClN4O2/c1-9(2)18-14(13(19(20)21)10(3)17-18)16-8-11-4-6-12(15)7-5-11/h4-7,9,16H,8H2,1-3H3. The number of aromatic nitrogens is 2. The number of anilines is 1. The number of hydrogen-bond donors (Lipinski definition) is 1. The van der Waals surface area contributed by atoms with E-state index in [2.05, 4.69) is 10.4 Å². The van der Waals surface area contributed by atoms with Crippen LogP contribution in [-0.2, 0) is 6.54 Å². The van der Waals surface area contributed by atoms with Crippen LogP contribution in [-0.4, -0.2) is 14.7 Å². The van der Waals surface area contributed by atoms with Gasteiger partial charge < -0.3 is 5.32 Å². The lowest BCUT2D eigenvalue weighted by Crippen LogP contribution is -2.11. The van der Waals surface area contributed by atoms with Gasteiger partial charge in [-0.05, 0) is 38.5 Å². The second-order valence-corrected chi connectivity index (χ2v) is 5.49. The number of aryl methyl sites for hydroxylation is 1. The fourth-order valence-electron chi connectivity index (χ4n) is 2.08. The zero-order chi connectivity index (χ0) is 15.6. The van der Waals surface area contributed by atoms with Crippen molar-refractivity contribution in [1.29, 1.82) is 0 Å². The number of halogens is 1. The van der Waals surface area contributed by atoms with Gasteiger partial charge in [-0.1, -0.05) is 23.7 Å². The molecule has 0 aliphatic heterocycles. The average molecular weight is 309 g/mol. The van der Waals surface area contributed by atoms with E-state index in [0.717, 1.165) is 5.56 Å². The minimum atomic E-state index is -0.397. The van der Waals surface area contributed by atoms with E-state index in [-0.39, 0.29) is 11.7 Å². The first-order valence-corrected chi connectivity index (χ1v) is 6.99. The summed E-state index contributed by atoms with van der Waals surface area (Å²) >= 11 is 5.84. The molecule has 112 valence electrons. The van der Waals surface area contributed by atoms with E-state index in [1.807, 2.05) is 26.0 Å². The zero-order valence-electron chi connectivity index (χ0n) is 12.1. The first kappa shape index (κ1) is 15.3. The summed E-state index contributed by atoms with van der Waals surface area (Å²) in [5.74, 6) is 0.433. The molecule has 0 unspecified atom stereocenters. The Balaban J connectivity index is 2.29. The third-order valence-electron chi connectivity index (χ3n) is 3.10. The second kappa shape index (κ2) is 6.13. The summed E-state index contributed by atoms with van der Waals surface area (Å²) in [5.41, 5.74) is 1.42. The maximum absolute atomic E-state index is 11.2. The molecule has 0 saturated carbocycles. The predicted octanol–water partition coefficient (Wildman–Crippen LogP) is 3.95. The Morgan fingerprint density at radius 2 is 2.00 bits per heavy atom. The van der Waals surface area contributed by atoms with Crippen molar-refractivity contribution in [3.8, 4) is 0 Å². The smallest absolute Gasteiger partial charge is 0.333 e. The molecule has 0 aliphatic carbocycles. The monoisotopic (exact) mass is 308 g/mol. The molecule has 0 saturated heterocycles. The fraction of sp³-hybridized carbons (Fsp3) is 0.357. The van der Waals surface area contributed by atoms with Crippen LogP contribution in [0.25, 0.3) is 0 Å². The molecule has 0 aliphatic rings. The molecule has 0 fully saturated rings. The van der Waals surface area contributed by atoms with Crippen molar-refractivity contribution in [1.82, 2.24) is 9.78 Å². The van der Waals surface area contributed by atoms with Gasteiger partial charge in [0.15, 0.2) is 0 Å². The van der Waals surface area contributed by atoms with Crippen LogP contribution >= 0.6 is 11.6 Å². The molecule has 21 heavy (non-hydrogen) atoms. The normalized spacial score (nSPS) is 10.9. The summed E-state index contributed by atoms with van der Waals surface area (Å²) < 4.78 is 1.64. The lowest BCUT2D eigenvalue weighted by atomic mass is 10.2. The number of nitrogens with zero attached hydrogens (tertiary/aromatic N) is 3. The highest BCUT2D eigenvalue weighted by Gasteiger charge is 2.26. The Morgan fingerprint density at radius 1 is 1.38 bits per heavy atom. The van der Waals surface area contributed by atoms with Gasteiger partial charge in [0.1, 0.15) is 5.69 Å². The first-order chi connectivity index (χ1) is 9.90. The van der Waals surface area contributed by atoms with Gasteiger partial charge in [-0.25, -0.2) is 4.68 Å². The van der Waals surface area contributed by atoms with Crippen molar-refractivity contribution in [2.24, 2.45) is 0 Å². The van der Waals surface area contributed by atoms with Gasteiger partial charge in [-0.3, -0.25) is 10.1 Å². The van der Waals surface area contributed by atoms with Gasteiger partial charge >= 0.3 is 5.69 Å². The van der Waals surface area contributed by atoms with Crippen LogP contribution in [0.15, 0.2) is 24.3 Å². The van der Waals surface area contributed by atoms with Gasteiger partial charge in [0.05, 0.1) is 4.92 Å². The quantitative estimate of drug-likeness (QED) is 0.670. The van der Waals surface area contributed by atoms with Gasteiger partial charge in [-0.2, -0.15) is 5.10 Å². The number of hydrogen-bond acceptors (Lipinski definition) is 4. The number of benzene rings is 1. The van der Waals surface area contributed by atoms with E-state index < -0.39 is 4.92 Å². The minimum absolute atomic E-state index is 0.0256. The van der Waals surface area contributed by atoms with Crippen molar-refractivity contribution >= 4 is 23.1 Å². The molecular weight excluding hydrogens is 292 g/mol. The molecule has 0 atom stereocenters. The molecule has 0 radical (unpaired) electrons. The third kappa shape index (κ3) is 3.33. The highest BCUT2D eigenvalue weighted by atomic mass is 35.5. The maximum Gasteiger partial charge on any atom is 0.333 e. The Kier molecular flexibility index (Phi) is 4.47. The molecule has 1 aromatic carbocycles. The van der Waals surface area contributed by atoms with Crippen LogP contribution in [0.4, 0.5) is 11.5 Å². The topological polar surface area (TPSA) is 73.0 Å². The largest absolute Gasteiger partial charge is 0.360 e. The molecular formula is C14H17ClN4O2. The SMILES string of the molecule is Cc1nn(C(C)C)c(NCc2ccc(Cl)cc2)c1[N+](=O)[O-]. The van der Waals surface area contributed by atoms with E-state index in [9.17, 15) is 10.1 Å². The summed E-state index contributed by atoms with van der Waals surface area (Å²) in [6.07, 6.45) is 0. The van der Waals surface area contributed by atoms with Crippen LogP contribution in [0.1, 0.15) is 31.1 Å². The van der Waals surface area contributed by atoms with E-state index >= 15 is 0 Å². The third-order valence-corrected chi connectivity index (χ3v) is 3.35. The predicted molar refractivity (Wildman–Crippen MR) is 82.8 cm³/mol. The van der Waals surface area contributed by atoms with E-state index in [1.165, 1.54) is 0 Å². The van der Waals surface area contributed by atoms with E-state index in [1.54, 1.807) is 23.7 Å². The Morgan fingerprint density at radius 3 is 2.52 bits per heavy atom. The summed E-state index contributed by atoms with van der Waals surface area (Å²) in [4.78, 5) is 10.8. The first-order valence-electron chi connectivity index (χ1n) is 6.62. The number of nitro groups is 1. The Bertz CT molecular complexity index is 650. The summed E-state index contributed by atoms with van der Waals surface area (Å²) in [6.45, 7) is 5.98. The fourth-order valence-corrected chi connectivity index (χ4v) is 2.21. The number of rotatable bonds is 5. The molecule has 1 heterocycles. The summed E-state index contributed by atoms with van der Waals surface area (Å²) in [5, 5.41) is 19.3. The second-order valence-electron chi connectivity index (χ2n) is 5.06. The van der Waals surface area contributed by atoms with Crippen LogP contribution in [0.5, 0.6) is 0 Å². The molecule has 2 rings (SSSR count). The Labute approximate surface area is 127 Å². The average Bonchev–Trinajstić information content (AvgIpc) is 2.75. The van der Waals surface area contributed by atoms with Crippen molar-refractivity contribution in [3.05, 3.63) is 50.7 Å². The molecule has 1 N–H and O–H groups in total. The lowest BCUT2D eigenvalue weighted by Gasteiger charge is -2.12. The molecule has 0 bridgehead atoms. The van der Waals surface area contributed by atoms with Gasteiger partial charge in [0, 0.05) is 17.6 Å². The highest BCUT2D eigenvalue weighted by molar-refractivity contribution is 6.30. The summed E-state index contributed by atoms with van der Waals surface area (Å²) in [6, 6.07) is 7.37. The van der Waals surface area contributed by atoms with Crippen molar-refractivity contribution in [2.75, 3.05) is 5.32 Å². The van der Waals surface area contributed by atoms with Crippen LogP contribution < -0.4 is 5.32 Å². The van der Waals surface area contributed by atoms with Crippen molar-refractivity contribution < 1.29 is 4.92 Å². The molecule has 2 aromatic rings.